The van der Waals surface area contributed by atoms with Crippen molar-refractivity contribution in [1.29, 1.82) is 0 Å². The summed E-state index contributed by atoms with van der Waals surface area (Å²) in [6.45, 7) is 1.53. The number of guanidine groups is 1. The first-order valence-electron chi connectivity index (χ1n) is 6.92. The molecule has 0 atom stereocenters. The predicted octanol–water partition coefficient (Wildman–Crippen LogP) is 2.75. The highest BCUT2D eigenvalue weighted by atomic mass is 127. The number of carbonyl (C=O) groups is 1. The van der Waals surface area contributed by atoms with Crippen LogP contribution in [0.2, 0.25) is 0 Å². The van der Waals surface area contributed by atoms with Crippen LogP contribution in [-0.2, 0) is 17.9 Å². The van der Waals surface area contributed by atoms with Crippen LogP contribution in [0.15, 0.2) is 40.0 Å². The van der Waals surface area contributed by atoms with Crippen molar-refractivity contribution in [2.45, 2.75) is 13.1 Å². The van der Waals surface area contributed by atoms with E-state index in [0.717, 1.165) is 0 Å². The number of nitrogens with one attached hydrogen (secondary N) is 2. The quantitative estimate of drug-likeness (QED) is 0.393. The first-order chi connectivity index (χ1) is 10.6. The summed E-state index contributed by atoms with van der Waals surface area (Å²) in [7, 11) is 3.46. The van der Waals surface area contributed by atoms with Gasteiger partial charge in [-0.2, -0.15) is 0 Å². The van der Waals surface area contributed by atoms with Crippen molar-refractivity contribution >= 4 is 58.5 Å². The van der Waals surface area contributed by atoms with Crippen molar-refractivity contribution in [1.82, 2.24) is 15.5 Å². The van der Waals surface area contributed by atoms with Gasteiger partial charge in [-0.3, -0.25) is 4.79 Å². The molecule has 0 radical (unpaired) electrons. The van der Waals surface area contributed by atoms with Crippen LogP contribution in [0.1, 0.15) is 9.75 Å². The molecule has 0 aromatic carbocycles. The van der Waals surface area contributed by atoms with Crippen LogP contribution in [0.4, 0.5) is 0 Å². The SMILES string of the molecule is CN(C)C(=O)CN=C(NCc1cccs1)NCc1cccs1.I. The van der Waals surface area contributed by atoms with Gasteiger partial charge in [0.25, 0.3) is 0 Å². The molecule has 2 heterocycles. The van der Waals surface area contributed by atoms with Gasteiger partial charge in [-0.15, -0.1) is 46.7 Å². The lowest BCUT2D eigenvalue weighted by Crippen LogP contribution is -2.37. The highest BCUT2D eigenvalue weighted by Crippen LogP contribution is 2.08. The number of nitrogens with zero attached hydrogens (tertiary/aromatic N) is 2. The van der Waals surface area contributed by atoms with Gasteiger partial charge in [0.2, 0.25) is 5.91 Å². The monoisotopic (exact) mass is 464 g/mol. The van der Waals surface area contributed by atoms with E-state index < -0.39 is 0 Å². The largest absolute Gasteiger partial charge is 0.351 e. The number of thiophene rings is 2. The van der Waals surface area contributed by atoms with Crippen LogP contribution in [0.3, 0.4) is 0 Å². The number of hydrogen-bond acceptors (Lipinski definition) is 4. The molecule has 0 bridgehead atoms. The third-order valence-electron chi connectivity index (χ3n) is 2.89. The molecule has 0 aliphatic heterocycles. The second kappa shape index (κ2) is 10.6. The van der Waals surface area contributed by atoms with Gasteiger partial charge in [-0.25, -0.2) is 4.99 Å². The number of carbonyl (C=O) groups excluding carboxylic acids is 1. The molecule has 2 aromatic heterocycles. The summed E-state index contributed by atoms with van der Waals surface area (Å²) in [6, 6.07) is 8.18. The second-order valence-electron chi connectivity index (χ2n) is 4.82. The minimum Gasteiger partial charge on any atom is -0.351 e. The zero-order valence-corrected chi connectivity index (χ0v) is 17.1. The van der Waals surface area contributed by atoms with Crippen molar-refractivity contribution in [2.75, 3.05) is 20.6 Å². The lowest BCUT2D eigenvalue weighted by Gasteiger charge is -2.13. The van der Waals surface area contributed by atoms with E-state index in [1.165, 1.54) is 9.75 Å². The Morgan fingerprint density at radius 3 is 2.00 bits per heavy atom. The van der Waals surface area contributed by atoms with Crippen molar-refractivity contribution in [3.8, 4) is 0 Å². The standard InChI is InChI=1S/C15H20N4OS2.HI/c1-19(2)14(20)11-18-15(16-9-12-5-3-7-21-12)17-10-13-6-4-8-22-13;/h3-8H,9-11H2,1-2H3,(H2,16,17,18);1H. The van der Waals surface area contributed by atoms with Gasteiger partial charge in [0, 0.05) is 23.8 Å². The molecule has 0 fully saturated rings. The molecule has 1 amide bonds. The molecular formula is C15H21IN4OS2. The third-order valence-corrected chi connectivity index (χ3v) is 4.64. The lowest BCUT2D eigenvalue weighted by molar-refractivity contribution is -0.127. The third kappa shape index (κ3) is 7.32. The second-order valence-corrected chi connectivity index (χ2v) is 6.88. The molecule has 23 heavy (non-hydrogen) atoms. The van der Waals surface area contributed by atoms with Gasteiger partial charge in [-0.1, -0.05) is 12.1 Å². The van der Waals surface area contributed by atoms with Crippen LogP contribution in [0.5, 0.6) is 0 Å². The number of likely N-dealkylation sites (N-methyl/N-ethyl adjacent to an activating group) is 1. The summed E-state index contributed by atoms with van der Waals surface area (Å²) < 4.78 is 0. The lowest BCUT2D eigenvalue weighted by atomic mass is 10.4. The Balaban J connectivity index is 0.00000264. The van der Waals surface area contributed by atoms with Crippen LogP contribution in [0.25, 0.3) is 0 Å². The molecule has 0 saturated heterocycles. The molecule has 126 valence electrons. The molecular weight excluding hydrogens is 443 g/mol. The Bertz CT molecular complexity index is 557. The summed E-state index contributed by atoms with van der Waals surface area (Å²) in [5, 5.41) is 10.6. The number of rotatable bonds is 6. The topological polar surface area (TPSA) is 56.7 Å². The molecule has 2 N–H and O–H groups in total. The van der Waals surface area contributed by atoms with E-state index in [1.54, 1.807) is 41.7 Å². The zero-order chi connectivity index (χ0) is 15.8. The summed E-state index contributed by atoms with van der Waals surface area (Å²) in [6.07, 6.45) is 0. The number of hydrogen-bond donors (Lipinski definition) is 2. The van der Waals surface area contributed by atoms with Crippen LogP contribution in [0, 0.1) is 0 Å². The molecule has 0 unspecified atom stereocenters. The normalized spacial score (nSPS) is 9.65. The molecule has 5 nitrogen and oxygen atoms in total. The predicted molar refractivity (Wildman–Crippen MR) is 109 cm³/mol. The average molecular weight is 464 g/mol. The average Bonchev–Trinajstić information content (AvgIpc) is 3.19. The van der Waals surface area contributed by atoms with Crippen LogP contribution < -0.4 is 10.6 Å². The molecule has 2 aromatic rings. The number of aliphatic imine (C=N–C) groups is 1. The maximum absolute atomic E-state index is 11.7. The summed E-state index contributed by atoms with van der Waals surface area (Å²) in [5.74, 6) is 0.630. The highest BCUT2D eigenvalue weighted by Gasteiger charge is 2.05. The van der Waals surface area contributed by atoms with E-state index in [1.807, 2.05) is 22.9 Å². The summed E-state index contributed by atoms with van der Waals surface area (Å²) in [5.41, 5.74) is 0. The Morgan fingerprint density at radius 1 is 1.09 bits per heavy atom. The first kappa shape index (κ1) is 19.9. The van der Waals surface area contributed by atoms with E-state index >= 15 is 0 Å². The fourth-order valence-electron chi connectivity index (χ4n) is 1.63. The minimum atomic E-state index is -0.0200. The van der Waals surface area contributed by atoms with Gasteiger partial charge in [0.05, 0.1) is 13.1 Å². The Kier molecular flexibility index (Phi) is 9.19. The van der Waals surface area contributed by atoms with Gasteiger partial charge >= 0.3 is 0 Å². The smallest absolute Gasteiger partial charge is 0.243 e. The van der Waals surface area contributed by atoms with E-state index in [0.29, 0.717) is 19.0 Å². The van der Waals surface area contributed by atoms with E-state index in [9.17, 15) is 4.79 Å². The van der Waals surface area contributed by atoms with E-state index in [-0.39, 0.29) is 36.4 Å². The number of halogens is 1. The zero-order valence-electron chi connectivity index (χ0n) is 13.1. The Morgan fingerprint density at radius 2 is 1.61 bits per heavy atom. The fourth-order valence-corrected chi connectivity index (χ4v) is 2.92. The first-order valence-corrected chi connectivity index (χ1v) is 8.68. The maximum Gasteiger partial charge on any atom is 0.243 e. The number of amides is 1. The van der Waals surface area contributed by atoms with Crippen molar-refractivity contribution in [2.24, 2.45) is 4.99 Å². The van der Waals surface area contributed by atoms with Gasteiger partial charge < -0.3 is 15.5 Å². The molecule has 0 aliphatic rings. The Hall–Kier alpha value is -1.13. The van der Waals surface area contributed by atoms with Gasteiger partial charge in [0.1, 0.15) is 6.54 Å². The van der Waals surface area contributed by atoms with Gasteiger partial charge in [0.15, 0.2) is 5.96 Å². The van der Waals surface area contributed by atoms with Gasteiger partial charge in [-0.05, 0) is 22.9 Å². The van der Waals surface area contributed by atoms with Crippen molar-refractivity contribution in [3.05, 3.63) is 44.8 Å². The summed E-state index contributed by atoms with van der Waals surface area (Å²) >= 11 is 3.38. The molecule has 2 rings (SSSR count). The van der Waals surface area contributed by atoms with E-state index in [2.05, 4.69) is 27.8 Å². The molecule has 0 saturated carbocycles. The van der Waals surface area contributed by atoms with Crippen molar-refractivity contribution < 1.29 is 4.79 Å². The van der Waals surface area contributed by atoms with E-state index in [4.69, 9.17) is 0 Å². The highest BCUT2D eigenvalue weighted by molar-refractivity contribution is 14.0. The molecule has 8 heteroatoms. The fraction of sp³-hybridized carbons (Fsp3) is 0.333. The molecule has 0 spiro atoms. The van der Waals surface area contributed by atoms with Crippen LogP contribution in [-0.4, -0.2) is 37.4 Å². The Labute approximate surface area is 161 Å². The molecule has 0 aliphatic carbocycles. The van der Waals surface area contributed by atoms with Crippen molar-refractivity contribution in [3.63, 3.8) is 0 Å². The minimum absolute atomic E-state index is 0. The maximum atomic E-state index is 11.7. The summed E-state index contributed by atoms with van der Waals surface area (Å²) in [4.78, 5) is 20.0. The van der Waals surface area contributed by atoms with Crippen LogP contribution >= 0.6 is 46.7 Å².